The van der Waals surface area contributed by atoms with E-state index in [4.69, 9.17) is 11.6 Å². The molecule has 0 bridgehead atoms. The molecule has 1 heterocycles. The van der Waals surface area contributed by atoms with E-state index >= 15 is 0 Å². The largest absolute Gasteiger partial charge is 0.314 e. The van der Waals surface area contributed by atoms with Crippen LogP contribution in [0.15, 0.2) is 24.3 Å². The van der Waals surface area contributed by atoms with E-state index in [-0.39, 0.29) is 12.4 Å². The third-order valence-corrected chi connectivity index (χ3v) is 3.34. The summed E-state index contributed by atoms with van der Waals surface area (Å²) >= 11 is 6.15. The second kappa shape index (κ2) is 6.45. The second-order valence-electron chi connectivity index (χ2n) is 4.12. The van der Waals surface area contributed by atoms with Gasteiger partial charge in [0.25, 0.3) is 0 Å². The Morgan fingerprint density at radius 3 is 2.88 bits per heavy atom. The van der Waals surface area contributed by atoms with Gasteiger partial charge in [0.2, 0.25) is 0 Å². The summed E-state index contributed by atoms with van der Waals surface area (Å²) in [5.41, 5.74) is 1.23. The Morgan fingerprint density at radius 2 is 2.19 bits per heavy atom. The zero-order valence-electron chi connectivity index (χ0n) is 9.45. The van der Waals surface area contributed by atoms with Crippen LogP contribution in [0.5, 0.6) is 0 Å². The van der Waals surface area contributed by atoms with Crippen LogP contribution in [0.3, 0.4) is 0 Å². The lowest BCUT2D eigenvalue weighted by Crippen LogP contribution is -2.49. The summed E-state index contributed by atoms with van der Waals surface area (Å²) in [7, 11) is 0. The molecular formula is C12H18Cl2N2. The standard InChI is InChI=1S/C12H17ClN2.ClH/c1-10-8-14-6-7-15(10)9-11-4-2-3-5-12(11)13;/h2-5,10,14H,6-9H2,1H3;1H/t10-;/m0./s1. The van der Waals surface area contributed by atoms with Crippen LogP contribution in [0.4, 0.5) is 0 Å². The summed E-state index contributed by atoms with van der Waals surface area (Å²) in [4.78, 5) is 2.47. The zero-order chi connectivity index (χ0) is 10.7. The summed E-state index contributed by atoms with van der Waals surface area (Å²) < 4.78 is 0. The molecule has 16 heavy (non-hydrogen) atoms. The summed E-state index contributed by atoms with van der Waals surface area (Å²) in [6.07, 6.45) is 0. The van der Waals surface area contributed by atoms with Gasteiger partial charge in [0.05, 0.1) is 0 Å². The Balaban J connectivity index is 0.00000128. The van der Waals surface area contributed by atoms with E-state index < -0.39 is 0 Å². The molecular weight excluding hydrogens is 243 g/mol. The Bertz CT molecular complexity index is 331. The maximum Gasteiger partial charge on any atom is 0.0451 e. The van der Waals surface area contributed by atoms with E-state index in [1.54, 1.807) is 0 Å². The SMILES string of the molecule is C[C@H]1CNCCN1Cc1ccccc1Cl.Cl. The number of hydrogen-bond acceptors (Lipinski definition) is 2. The number of halogens is 2. The molecule has 1 aromatic rings. The predicted octanol–water partition coefficient (Wildman–Crippen LogP) is 2.56. The maximum absolute atomic E-state index is 6.15. The average Bonchev–Trinajstić information content (AvgIpc) is 2.24. The van der Waals surface area contributed by atoms with Crippen molar-refractivity contribution in [1.29, 1.82) is 0 Å². The van der Waals surface area contributed by atoms with Crippen LogP contribution < -0.4 is 5.32 Å². The molecule has 1 fully saturated rings. The first-order chi connectivity index (χ1) is 7.27. The Hall–Kier alpha value is -0.280. The van der Waals surface area contributed by atoms with Gasteiger partial charge >= 0.3 is 0 Å². The van der Waals surface area contributed by atoms with E-state index in [1.807, 2.05) is 18.2 Å². The zero-order valence-corrected chi connectivity index (χ0v) is 11.0. The van der Waals surface area contributed by atoms with Crippen molar-refractivity contribution in [3.63, 3.8) is 0 Å². The fraction of sp³-hybridized carbons (Fsp3) is 0.500. The molecule has 2 rings (SSSR count). The van der Waals surface area contributed by atoms with Crippen molar-refractivity contribution in [3.8, 4) is 0 Å². The number of rotatable bonds is 2. The van der Waals surface area contributed by atoms with Crippen LogP contribution in [-0.4, -0.2) is 30.6 Å². The molecule has 4 heteroatoms. The summed E-state index contributed by atoms with van der Waals surface area (Å²) in [6, 6.07) is 8.69. The lowest BCUT2D eigenvalue weighted by Gasteiger charge is -2.34. The molecule has 0 spiro atoms. The molecule has 1 aliphatic heterocycles. The van der Waals surface area contributed by atoms with Gasteiger partial charge in [0, 0.05) is 37.2 Å². The van der Waals surface area contributed by atoms with Gasteiger partial charge in [-0.05, 0) is 18.6 Å². The van der Waals surface area contributed by atoms with Crippen molar-refractivity contribution in [3.05, 3.63) is 34.9 Å². The minimum absolute atomic E-state index is 0. The first kappa shape index (κ1) is 13.8. The molecule has 1 saturated heterocycles. The average molecular weight is 261 g/mol. The van der Waals surface area contributed by atoms with Gasteiger partial charge in [-0.3, -0.25) is 4.90 Å². The van der Waals surface area contributed by atoms with E-state index in [9.17, 15) is 0 Å². The third-order valence-electron chi connectivity index (χ3n) is 2.97. The van der Waals surface area contributed by atoms with Crippen molar-refractivity contribution < 1.29 is 0 Å². The van der Waals surface area contributed by atoms with Crippen molar-refractivity contribution in [1.82, 2.24) is 10.2 Å². The van der Waals surface area contributed by atoms with Crippen molar-refractivity contribution >= 4 is 24.0 Å². The maximum atomic E-state index is 6.15. The molecule has 1 N–H and O–H groups in total. The predicted molar refractivity (Wildman–Crippen MR) is 71.4 cm³/mol. The highest BCUT2D eigenvalue weighted by Gasteiger charge is 2.18. The smallest absolute Gasteiger partial charge is 0.0451 e. The summed E-state index contributed by atoms with van der Waals surface area (Å²) in [5.74, 6) is 0. The van der Waals surface area contributed by atoms with E-state index in [0.29, 0.717) is 6.04 Å². The van der Waals surface area contributed by atoms with Crippen molar-refractivity contribution in [2.45, 2.75) is 19.5 Å². The Kier molecular flexibility index (Phi) is 5.56. The molecule has 90 valence electrons. The minimum atomic E-state index is 0. The minimum Gasteiger partial charge on any atom is -0.314 e. The van der Waals surface area contributed by atoms with Crippen molar-refractivity contribution in [2.75, 3.05) is 19.6 Å². The van der Waals surface area contributed by atoms with Crippen LogP contribution in [0.25, 0.3) is 0 Å². The van der Waals surface area contributed by atoms with Gasteiger partial charge in [-0.25, -0.2) is 0 Å². The highest BCUT2D eigenvalue weighted by molar-refractivity contribution is 6.31. The van der Waals surface area contributed by atoms with E-state index in [1.165, 1.54) is 5.56 Å². The van der Waals surface area contributed by atoms with Crippen LogP contribution in [-0.2, 0) is 6.54 Å². The highest BCUT2D eigenvalue weighted by Crippen LogP contribution is 2.18. The summed E-state index contributed by atoms with van der Waals surface area (Å²) in [5, 5.41) is 4.27. The molecule has 0 amide bonds. The van der Waals surface area contributed by atoms with Gasteiger partial charge < -0.3 is 5.32 Å². The highest BCUT2D eigenvalue weighted by atomic mass is 35.5. The number of piperazine rings is 1. The van der Waals surface area contributed by atoms with E-state index in [2.05, 4.69) is 23.2 Å². The fourth-order valence-corrected chi connectivity index (χ4v) is 2.16. The van der Waals surface area contributed by atoms with Crippen LogP contribution in [0, 0.1) is 0 Å². The molecule has 1 aliphatic rings. The van der Waals surface area contributed by atoms with Gasteiger partial charge in [0.1, 0.15) is 0 Å². The lowest BCUT2D eigenvalue weighted by molar-refractivity contribution is 0.165. The van der Waals surface area contributed by atoms with Crippen LogP contribution in [0.2, 0.25) is 5.02 Å². The molecule has 0 aromatic heterocycles. The van der Waals surface area contributed by atoms with Crippen LogP contribution in [0.1, 0.15) is 12.5 Å². The number of nitrogens with zero attached hydrogens (tertiary/aromatic N) is 1. The first-order valence-corrected chi connectivity index (χ1v) is 5.83. The Labute approximate surface area is 108 Å². The molecule has 2 nitrogen and oxygen atoms in total. The van der Waals surface area contributed by atoms with E-state index in [0.717, 1.165) is 31.2 Å². The lowest BCUT2D eigenvalue weighted by atomic mass is 10.1. The van der Waals surface area contributed by atoms with Crippen molar-refractivity contribution in [2.24, 2.45) is 0 Å². The summed E-state index contributed by atoms with van der Waals surface area (Å²) in [6.45, 7) is 6.47. The van der Waals surface area contributed by atoms with Crippen LogP contribution >= 0.6 is 24.0 Å². The first-order valence-electron chi connectivity index (χ1n) is 5.45. The number of nitrogens with one attached hydrogen (secondary N) is 1. The number of hydrogen-bond donors (Lipinski definition) is 1. The van der Waals surface area contributed by atoms with Gasteiger partial charge in [-0.15, -0.1) is 12.4 Å². The van der Waals surface area contributed by atoms with Gasteiger partial charge in [-0.2, -0.15) is 0 Å². The molecule has 0 radical (unpaired) electrons. The van der Waals surface area contributed by atoms with Gasteiger partial charge in [0.15, 0.2) is 0 Å². The Morgan fingerprint density at radius 1 is 1.44 bits per heavy atom. The second-order valence-corrected chi connectivity index (χ2v) is 4.52. The molecule has 0 saturated carbocycles. The molecule has 1 aromatic carbocycles. The molecule has 1 atom stereocenters. The normalized spacial score (nSPS) is 21.5. The third kappa shape index (κ3) is 3.36. The van der Waals surface area contributed by atoms with Gasteiger partial charge in [-0.1, -0.05) is 29.8 Å². The molecule has 0 aliphatic carbocycles. The molecule has 0 unspecified atom stereocenters. The monoisotopic (exact) mass is 260 g/mol. The topological polar surface area (TPSA) is 15.3 Å². The number of benzene rings is 1. The fourth-order valence-electron chi connectivity index (χ4n) is 1.96. The quantitative estimate of drug-likeness (QED) is 0.880.